The van der Waals surface area contributed by atoms with Gasteiger partial charge in [0.15, 0.2) is 0 Å². The van der Waals surface area contributed by atoms with E-state index in [0.29, 0.717) is 6.61 Å². The van der Waals surface area contributed by atoms with Gasteiger partial charge in [0.25, 0.3) is 0 Å². The number of aromatic nitrogens is 1. The first-order valence-corrected chi connectivity index (χ1v) is 5.64. The van der Waals surface area contributed by atoms with Gasteiger partial charge in [-0.1, -0.05) is 11.6 Å². The second-order valence-electron chi connectivity index (χ2n) is 3.89. The third-order valence-corrected chi connectivity index (χ3v) is 2.94. The highest BCUT2D eigenvalue weighted by molar-refractivity contribution is 6.30. The average Bonchev–Trinajstić information content (AvgIpc) is 2.67. The number of ether oxygens (including phenoxy) is 1. The largest absolute Gasteiger partial charge is 0.376 e. The number of pyridine rings is 1. The summed E-state index contributed by atoms with van der Waals surface area (Å²) in [7, 11) is 0. The lowest BCUT2D eigenvalue weighted by Crippen LogP contribution is -2.27. The molecule has 0 bridgehead atoms. The molecule has 1 aromatic rings. The number of anilines is 1. The van der Waals surface area contributed by atoms with Gasteiger partial charge in [-0.25, -0.2) is 4.98 Å². The van der Waals surface area contributed by atoms with E-state index < -0.39 is 4.92 Å². The van der Waals surface area contributed by atoms with Crippen LogP contribution in [0.2, 0.25) is 5.02 Å². The Bertz CT molecular complexity index is 441. The summed E-state index contributed by atoms with van der Waals surface area (Å²) in [4.78, 5) is 14.3. The van der Waals surface area contributed by atoms with E-state index >= 15 is 0 Å². The number of halogens is 1. The molecule has 2 rings (SSSR count). The van der Waals surface area contributed by atoms with E-state index in [4.69, 9.17) is 16.3 Å². The number of nitro groups is 1. The predicted molar refractivity (Wildman–Crippen MR) is 63.3 cm³/mol. The fourth-order valence-electron chi connectivity index (χ4n) is 1.78. The van der Waals surface area contributed by atoms with E-state index in [1.54, 1.807) is 0 Å². The van der Waals surface area contributed by atoms with E-state index in [1.165, 1.54) is 12.3 Å². The molecule has 0 aromatic carbocycles. The summed E-state index contributed by atoms with van der Waals surface area (Å²) in [6.45, 7) is 2.58. The first-order chi connectivity index (χ1) is 8.08. The molecule has 1 aliphatic heterocycles. The molecule has 6 nitrogen and oxygen atoms in total. The summed E-state index contributed by atoms with van der Waals surface area (Å²) in [5.74, 6) is 0.238. The van der Waals surface area contributed by atoms with Crippen LogP contribution in [0, 0.1) is 10.1 Å². The van der Waals surface area contributed by atoms with E-state index in [2.05, 4.69) is 10.3 Å². The van der Waals surface area contributed by atoms with E-state index in [0.717, 1.165) is 6.42 Å². The van der Waals surface area contributed by atoms with Crippen LogP contribution in [-0.2, 0) is 4.74 Å². The summed E-state index contributed by atoms with van der Waals surface area (Å²) in [5, 5.41) is 14.1. The molecule has 0 amide bonds. The maximum Gasteiger partial charge on any atom is 0.312 e. The van der Waals surface area contributed by atoms with Crippen LogP contribution in [0.25, 0.3) is 0 Å². The van der Waals surface area contributed by atoms with Crippen molar-refractivity contribution in [1.29, 1.82) is 0 Å². The molecule has 1 saturated heterocycles. The summed E-state index contributed by atoms with van der Waals surface area (Å²) in [5.41, 5.74) is -0.114. The van der Waals surface area contributed by atoms with Crippen molar-refractivity contribution in [3.63, 3.8) is 0 Å². The number of nitrogens with zero attached hydrogens (tertiary/aromatic N) is 2. The zero-order chi connectivity index (χ0) is 12.4. The van der Waals surface area contributed by atoms with Gasteiger partial charge in [-0.15, -0.1) is 0 Å². The lowest BCUT2D eigenvalue weighted by atomic mass is 10.1. The van der Waals surface area contributed by atoms with Crippen LogP contribution in [0.5, 0.6) is 0 Å². The number of hydrogen-bond acceptors (Lipinski definition) is 5. The number of rotatable bonds is 3. The van der Waals surface area contributed by atoms with E-state index in [9.17, 15) is 10.1 Å². The lowest BCUT2D eigenvalue weighted by Gasteiger charge is -2.16. The molecule has 92 valence electrons. The molecular weight excluding hydrogens is 246 g/mol. The van der Waals surface area contributed by atoms with Crippen molar-refractivity contribution < 1.29 is 9.66 Å². The van der Waals surface area contributed by atoms with Gasteiger partial charge < -0.3 is 10.1 Å². The minimum Gasteiger partial charge on any atom is -0.376 e. The topological polar surface area (TPSA) is 77.3 Å². The van der Waals surface area contributed by atoms with Gasteiger partial charge in [-0.05, 0) is 13.3 Å². The first-order valence-electron chi connectivity index (χ1n) is 5.26. The van der Waals surface area contributed by atoms with Gasteiger partial charge in [0.2, 0.25) is 5.82 Å². The molecule has 2 heterocycles. The van der Waals surface area contributed by atoms with Crippen LogP contribution >= 0.6 is 11.6 Å². The van der Waals surface area contributed by atoms with Crippen molar-refractivity contribution in [2.75, 3.05) is 11.9 Å². The third kappa shape index (κ3) is 2.65. The molecule has 7 heteroatoms. The Morgan fingerprint density at radius 2 is 2.47 bits per heavy atom. The van der Waals surface area contributed by atoms with Crippen molar-refractivity contribution in [3.05, 3.63) is 27.4 Å². The lowest BCUT2D eigenvalue weighted by molar-refractivity contribution is -0.384. The Hall–Kier alpha value is -1.40. The number of hydrogen-bond donors (Lipinski definition) is 1. The second-order valence-corrected chi connectivity index (χ2v) is 4.33. The van der Waals surface area contributed by atoms with Gasteiger partial charge in [0, 0.05) is 18.9 Å². The molecule has 1 fully saturated rings. The van der Waals surface area contributed by atoms with Gasteiger partial charge in [-0.2, -0.15) is 0 Å². The molecule has 0 saturated carbocycles. The number of nitrogens with one attached hydrogen (secondary N) is 1. The fraction of sp³-hybridized carbons (Fsp3) is 0.500. The zero-order valence-electron chi connectivity index (χ0n) is 9.22. The third-order valence-electron chi connectivity index (χ3n) is 2.73. The van der Waals surface area contributed by atoms with Crippen LogP contribution < -0.4 is 5.32 Å². The minimum atomic E-state index is -0.498. The first kappa shape index (κ1) is 12.1. The Morgan fingerprint density at radius 3 is 3.06 bits per heavy atom. The van der Waals surface area contributed by atoms with Crippen LogP contribution in [0.15, 0.2) is 12.3 Å². The van der Waals surface area contributed by atoms with Crippen molar-refractivity contribution in [1.82, 2.24) is 4.98 Å². The van der Waals surface area contributed by atoms with Gasteiger partial charge in [-0.3, -0.25) is 10.1 Å². The highest BCUT2D eigenvalue weighted by Gasteiger charge is 2.27. The SMILES string of the molecule is CC1OCCC1Nc1ncc(Cl)cc1[N+](=O)[O-]. The Labute approximate surface area is 103 Å². The quantitative estimate of drug-likeness (QED) is 0.664. The molecule has 17 heavy (non-hydrogen) atoms. The van der Waals surface area contributed by atoms with Crippen LogP contribution in [0.1, 0.15) is 13.3 Å². The zero-order valence-corrected chi connectivity index (χ0v) is 9.98. The second kappa shape index (κ2) is 4.85. The summed E-state index contributed by atoms with van der Waals surface area (Å²) < 4.78 is 5.38. The molecule has 0 spiro atoms. The summed E-state index contributed by atoms with van der Waals surface area (Å²) in [6, 6.07) is 1.33. The van der Waals surface area contributed by atoms with Crippen molar-refractivity contribution in [2.24, 2.45) is 0 Å². The molecule has 2 unspecified atom stereocenters. The van der Waals surface area contributed by atoms with Crippen molar-refractivity contribution in [2.45, 2.75) is 25.5 Å². The van der Waals surface area contributed by atoms with Crippen LogP contribution in [0.4, 0.5) is 11.5 Å². The highest BCUT2D eigenvalue weighted by atomic mass is 35.5. The molecule has 1 aliphatic rings. The maximum atomic E-state index is 10.9. The van der Waals surface area contributed by atoms with Gasteiger partial charge >= 0.3 is 5.69 Å². The van der Waals surface area contributed by atoms with Crippen molar-refractivity contribution >= 4 is 23.1 Å². The standard InChI is InChI=1S/C10H12ClN3O3/c1-6-8(2-3-17-6)13-10-9(14(15)16)4-7(11)5-12-10/h4-6,8H,2-3H2,1H3,(H,12,13). The summed E-state index contributed by atoms with van der Waals surface area (Å²) >= 11 is 5.69. The van der Waals surface area contributed by atoms with Gasteiger partial charge in [0.05, 0.1) is 22.1 Å². The average molecular weight is 258 g/mol. The van der Waals surface area contributed by atoms with Gasteiger partial charge in [0.1, 0.15) is 0 Å². The summed E-state index contributed by atoms with van der Waals surface area (Å²) in [6.07, 6.45) is 2.21. The molecule has 0 aliphatic carbocycles. The Kier molecular flexibility index (Phi) is 3.44. The monoisotopic (exact) mass is 257 g/mol. The fourth-order valence-corrected chi connectivity index (χ4v) is 1.93. The van der Waals surface area contributed by atoms with E-state index in [-0.39, 0.29) is 28.7 Å². The smallest absolute Gasteiger partial charge is 0.312 e. The predicted octanol–water partition coefficient (Wildman–Crippen LogP) is 2.23. The van der Waals surface area contributed by atoms with E-state index in [1.807, 2.05) is 6.92 Å². The molecule has 0 radical (unpaired) electrons. The Balaban J connectivity index is 2.22. The molecule has 2 atom stereocenters. The molecule has 1 N–H and O–H groups in total. The maximum absolute atomic E-state index is 10.9. The minimum absolute atomic E-state index is 0.0204. The Morgan fingerprint density at radius 1 is 1.71 bits per heavy atom. The molecular formula is C10H12ClN3O3. The molecule has 1 aromatic heterocycles. The normalized spacial score (nSPS) is 23.6. The highest BCUT2D eigenvalue weighted by Crippen LogP contribution is 2.27. The van der Waals surface area contributed by atoms with Crippen molar-refractivity contribution in [3.8, 4) is 0 Å². The van der Waals surface area contributed by atoms with Crippen LogP contribution in [-0.4, -0.2) is 28.7 Å². The van der Waals surface area contributed by atoms with Crippen LogP contribution in [0.3, 0.4) is 0 Å².